The molecule has 0 saturated heterocycles. The van der Waals surface area contributed by atoms with Crippen molar-refractivity contribution in [1.82, 2.24) is 4.57 Å². The van der Waals surface area contributed by atoms with Gasteiger partial charge >= 0.3 is 0 Å². The molecule has 2 nitrogen and oxygen atoms in total. The van der Waals surface area contributed by atoms with E-state index in [2.05, 4.69) is 188 Å². The third kappa shape index (κ3) is 4.35. The zero-order valence-electron chi connectivity index (χ0n) is 28.5. The van der Waals surface area contributed by atoms with Gasteiger partial charge < -0.3 is 9.47 Å². The van der Waals surface area contributed by atoms with E-state index < -0.39 is 0 Å². The average Bonchev–Trinajstić information content (AvgIpc) is 3.49. The first-order chi connectivity index (χ1) is 24.5. The monoisotopic (exact) mass is 640 g/mol. The molecule has 0 unspecified atom stereocenters. The molecule has 1 aromatic heterocycles. The maximum Gasteiger partial charge on any atom is 0.0541 e. The summed E-state index contributed by atoms with van der Waals surface area (Å²) in [6, 6.07) is 58.5. The number of aryl methyl sites for hydroxylation is 1. The van der Waals surface area contributed by atoms with E-state index in [4.69, 9.17) is 0 Å². The minimum absolute atomic E-state index is 0.455. The largest absolute Gasteiger partial charge is 0.310 e. The van der Waals surface area contributed by atoms with Gasteiger partial charge in [-0.25, -0.2) is 0 Å². The fourth-order valence-corrected chi connectivity index (χ4v) is 8.11. The van der Waals surface area contributed by atoms with Crippen molar-refractivity contribution in [3.05, 3.63) is 169 Å². The minimum Gasteiger partial charge on any atom is -0.310 e. The van der Waals surface area contributed by atoms with Crippen molar-refractivity contribution >= 4 is 60.4 Å². The number of hydrogen-bond acceptors (Lipinski definition) is 1. The highest BCUT2D eigenvalue weighted by Gasteiger charge is 2.25. The molecule has 9 aromatic rings. The van der Waals surface area contributed by atoms with Crippen LogP contribution in [0.4, 0.5) is 17.1 Å². The fraction of sp³-hybridized carbons (Fsp3) is 0.0833. The SMILES string of the molecule is Cc1ccc(C(C)C)cc1N(c1ccccc1)c1ccc2cc3c(cc2c1)-c1cc2cc(-n4c5ccccc5c5ccccc54)ccc2cc1-3. The Morgan fingerprint density at radius 3 is 1.66 bits per heavy atom. The van der Waals surface area contributed by atoms with E-state index in [0.29, 0.717) is 5.92 Å². The second kappa shape index (κ2) is 10.9. The van der Waals surface area contributed by atoms with Gasteiger partial charge in [-0.1, -0.05) is 92.7 Å². The highest BCUT2D eigenvalue weighted by molar-refractivity contribution is 6.13. The van der Waals surface area contributed by atoms with Crippen LogP contribution in [0.5, 0.6) is 0 Å². The van der Waals surface area contributed by atoms with Crippen molar-refractivity contribution in [1.29, 1.82) is 0 Å². The highest BCUT2D eigenvalue weighted by atomic mass is 15.1. The molecule has 0 aliphatic heterocycles. The Labute approximate surface area is 292 Å². The molecule has 1 aliphatic rings. The number of fused-ring (bicyclic) bond motifs is 9. The van der Waals surface area contributed by atoms with Crippen molar-refractivity contribution in [2.75, 3.05) is 4.90 Å². The minimum atomic E-state index is 0.455. The number of benzene rings is 8. The Morgan fingerprint density at radius 2 is 1.02 bits per heavy atom. The first-order valence-corrected chi connectivity index (χ1v) is 17.6. The van der Waals surface area contributed by atoms with Gasteiger partial charge in [-0.2, -0.15) is 0 Å². The lowest BCUT2D eigenvalue weighted by Gasteiger charge is -2.29. The molecule has 0 atom stereocenters. The summed E-state index contributed by atoms with van der Waals surface area (Å²) >= 11 is 0. The van der Waals surface area contributed by atoms with Gasteiger partial charge in [-0.3, -0.25) is 0 Å². The summed E-state index contributed by atoms with van der Waals surface area (Å²) < 4.78 is 2.41. The lowest BCUT2D eigenvalue weighted by atomic mass is 9.78. The van der Waals surface area contributed by atoms with Crippen LogP contribution in [-0.4, -0.2) is 4.57 Å². The number of aromatic nitrogens is 1. The summed E-state index contributed by atoms with van der Waals surface area (Å²) in [7, 11) is 0. The van der Waals surface area contributed by atoms with Crippen LogP contribution >= 0.6 is 0 Å². The van der Waals surface area contributed by atoms with Gasteiger partial charge in [0.1, 0.15) is 0 Å². The maximum absolute atomic E-state index is 2.41. The number of nitrogens with zero attached hydrogens (tertiary/aromatic N) is 2. The first-order valence-electron chi connectivity index (χ1n) is 17.6. The zero-order valence-corrected chi connectivity index (χ0v) is 28.5. The maximum atomic E-state index is 2.41. The quantitative estimate of drug-likeness (QED) is 0.182. The lowest BCUT2D eigenvalue weighted by Crippen LogP contribution is -2.12. The molecule has 0 saturated carbocycles. The van der Waals surface area contributed by atoms with Gasteiger partial charge in [0.15, 0.2) is 0 Å². The molecule has 50 heavy (non-hydrogen) atoms. The summed E-state index contributed by atoms with van der Waals surface area (Å²) in [5.74, 6) is 0.455. The van der Waals surface area contributed by atoms with Gasteiger partial charge in [-0.05, 0) is 147 Å². The summed E-state index contributed by atoms with van der Waals surface area (Å²) in [5, 5.41) is 7.62. The molecule has 2 heteroatoms. The van der Waals surface area contributed by atoms with Crippen LogP contribution in [0.1, 0.15) is 30.9 Å². The van der Waals surface area contributed by atoms with E-state index in [0.717, 1.165) is 5.69 Å². The molecule has 0 radical (unpaired) electrons. The van der Waals surface area contributed by atoms with Crippen LogP contribution in [0.25, 0.3) is 71.3 Å². The van der Waals surface area contributed by atoms with Crippen molar-refractivity contribution in [2.45, 2.75) is 26.7 Å². The van der Waals surface area contributed by atoms with Crippen molar-refractivity contribution in [2.24, 2.45) is 0 Å². The van der Waals surface area contributed by atoms with Gasteiger partial charge in [0.2, 0.25) is 0 Å². The molecule has 1 heterocycles. The molecule has 0 spiro atoms. The van der Waals surface area contributed by atoms with E-state index in [9.17, 15) is 0 Å². The highest BCUT2D eigenvalue weighted by Crippen LogP contribution is 2.51. The number of rotatable bonds is 5. The molecule has 0 N–H and O–H groups in total. The molecule has 0 amide bonds. The molecule has 0 fully saturated rings. The molecule has 1 aliphatic carbocycles. The second-order valence-corrected chi connectivity index (χ2v) is 14.1. The summed E-state index contributed by atoms with van der Waals surface area (Å²) in [5.41, 5.74) is 15.2. The van der Waals surface area contributed by atoms with Crippen LogP contribution in [0, 0.1) is 6.92 Å². The fourth-order valence-electron chi connectivity index (χ4n) is 8.11. The summed E-state index contributed by atoms with van der Waals surface area (Å²) in [4.78, 5) is 2.41. The van der Waals surface area contributed by atoms with E-state index in [1.54, 1.807) is 0 Å². The van der Waals surface area contributed by atoms with Gasteiger partial charge in [-0.15, -0.1) is 0 Å². The average molecular weight is 641 g/mol. The molecule has 8 aromatic carbocycles. The molecule has 10 rings (SSSR count). The van der Waals surface area contributed by atoms with E-state index in [1.807, 2.05) is 0 Å². The topological polar surface area (TPSA) is 8.17 Å². The summed E-state index contributed by atoms with van der Waals surface area (Å²) in [6.07, 6.45) is 0. The standard InChI is InChI=1S/C48H36N2/c1-30(2)32-18-17-31(3)48(29-32)49(37-11-5-4-6-12-37)38-21-19-33-25-42-43-26-34-20-22-39(24-36(34)28-45(43)44(42)27-35(33)23-38)50-46-15-9-7-13-40(46)41-14-8-10-16-47(41)50/h4-30H,1-3H3. The Morgan fingerprint density at radius 1 is 0.460 bits per heavy atom. The molecular weight excluding hydrogens is 605 g/mol. The molecule has 238 valence electrons. The van der Waals surface area contributed by atoms with Crippen LogP contribution in [0.15, 0.2) is 158 Å². The molecular formula is C48H36N2. The first kappa shape index (κ1) is 28.9. The zero-order chi connectivity index (χ0) is 33.5. The number of para-hydroxylation sites is 3. The van der Waals surface area contributed by atoms with Crippen LogP contribution in [-0.2, 0) is 0 Å². The third-order valence-corrected chi connectivity index (χ3v) is 10.8. The van der Waals surface area contributed by atoms with E-state index >= 15 is 0 Å². The number of hydrogen-bond donors (Lipinski definition) is 0. The van der Waals surface area contributed by atoms with Crippen LogP contribution in [0.2, 0.25) is 0 Å². The number of anilines is 3. The smallest absolute Gasteiger partial charge is 0.0541 e. The summed E-state index contributed by atoms with van der Waals surface area (Å²) in [6.45, 7) is 6.75. The van der Waals surface area contributed by atoms with Gasteiger partial charge in [0.05, 0.1) is 11.0 Å². The van der Waals surface area contributed by atoms with Crippen molar-refractivity contribution in [3.63, 3.8) is 0 Å². The van der Waals surface area contributed by atoms with E-state index in [1.165, 1.54) is 93.8 Å². The van der Waals surface area contributed by atoms with Crippen molar-refractivity contribution < 1.29 is 0 Å². The Balaban J connectivity index is 1.09. The Bertz CT molecular complexity index is 2750. The Hall–Kier alpha value is -6.12. The van der Waals surface area contributed by atoms with Crippen LogP contribution in [0.3, 0.4) is 0 Å². The van der Waals surface area contributed by atoms with Gasteiger partial charge in [0.25, 0.3) is 0 Å². The second-order valence-electron chi connectivity index (χ2n) is 14.1. The lowest BCUT2D eigenvalue weighted by molar-refractivity contribution is 0.865. The third-order valence-electron chi connectivity index (χ3n) is 10.8. The normalized spacial score (nSPS) is 12.1. The predicted octanol–water partition coefficient (Wildman–Crippen LogP) is 13.6. The molecule has 0 bridgehead atoms. The van der Waals surface area contributed by atoms with E-state index in [-0.39, 0.29) is 0 Å². The van der Waals surface area contributed by atoms with Gasteiger partial charge in [0, 0.05) is 33.5 Å². The van der Waals surface area contributed by atoms with Crippen molar-refractivity contribution in [3.8, 4) is 27.9 Å². The van der Waals surface area contributed by atoms with Crippen LogP contribution < -0.4 is 4.90 Å². The Kier molecular flexibility index (Phi) is 6.32. The predicted molar refractivity (Wildman–Crippen MR) is 214 cm³/mol.